The van der Waals surface area contributed by atoms with Crippen molar-refractivity contribution >= 4 is 34.1 Å². The first kappa shape index (κ1) is 22.0. The summed E-state index contributed by atoms with van der Waals surface area (Å²) < 4.78 is 22.0. The molecule has 10 heteroatoms. The zero-order valence-corrected chi connectivity index (χ0v) is 19.7. The van der Waals surface area contributed by atoms with Gasteiger partial charge in [-0.15, -0.1) is 0 Å². The number of nitrogens with zero attached hydrogens (tertiary/aromatic N) is 3. The van der Waals surface area contributed by atoms with Gasteiger partial charge in [-0.25, -0.2) is 4.79 Å². The predicted octanol–water partition coefficient (Wildman–Crippen LogP) is 3.74. The van der Waals surface area contributed by atoms with E-state index in [1.54, 1.807) is 38.4 Å². The molecule has 0 saturated heterocycles. The number of methoxy groups -OCH3 is 1. The number of hydrogen-bond donors (Lipinski definition) is 0. The highest BCUT2D eigenvalue weighted by molar-refractivity contribution is 6.31. The lowest BCUT2D eigenvalue weighted by Crippen LogP contribution is -2.37. The summed E-state index contributed by atoms with van der Waals surface area (Å²) in [4.78, 5) is 26.3. The van der Waals surface area contributed by atoms with Crippen LogP contribution in [0.25, 0.3) is 22.2 Å². The number of halogens is 2. The Bertz CT molecular complexity index is 1500. The number of rotatable bonds is 4. The van der Waals surface area contributed by atoms with Crippen molar-refractivity contribution in [2.24, 2.45) is 14.1 Å². The van der Waals surface area contributed by atoms with Gasteiger partial charge in [-0.05, 0) is 35.9 Å². The minimum Gasteiger partial charge on any atom is -0.446 e. The van der Waals surface area contributed by atoms with E-state index in [4.69, 9.17) is 37.1 Å². The summed E-state index contributed by atoms with van der Waals surface area (Å²) in [6.07, 6.45) is -1.04. The molecule has 33 heavy (non-hydrogen) atoms. The maximum absolute atomic E-state index is 13.4. The number of aryl methyl sites for hydroxylation is 1. The van der Waals surface area contributed by atoms with Gasteiger partial charge in [0.15, 0.2) is 11.3 Å². The molecule has 0 unspecified atom stereocenters. The summed E-state index contributed by atoms with van der Waals surface area (Å²) in [5, 5.41) is 1.15. The third-order valence-electron chi connectivity index (χ3n) is 5.97. The van der Waals surface area contributed by atoms with Crippen molar-refractivity contribution in [2.45, 2.75) is 18.8 Å². The molecule has 5 rings (SSSR count). The maximum Gasteiger partial charge on any atom is 0.331 e. The lowest BCUT2D eigenvalue weighted by molar-refractivity contribution is -0.0670. The fourth-order valence-electron chi connectivity index (χ4n) is 4.58. The molecule has 0 fully saturated rings. The van der Waals surface area contributed by atoms with Crippen LogP contribution in [0.1, 0.15) is 17.6 Å². The second kappa shape index (κ2) is 8.22. The van der Waals surface area contributed by atoms with E-state index in [2.05, 4.69) is 0 Å². The van der Waals surface area contributed by atoms with Crippen molar-refractivity contribution in [1.29, 1.82) is 0 Å². The van der Waals surface area contributed by atoms with Crippen LogP contribution in [0.4, 0.5) is 0 Å². The van der Waals surface area contributed by atoms with E-state index in [-0.39, 0.29) is 11.3 Å². The fourth-order valence-corrected chi connectivity index (χ4v) is 4.93. The molecule has 1 aliphatic rings. The number of benzene rings is 1. The summed E-state index contributed by atoms with van der Waals surface area (Å²) >= 11 is 12.4. The van der Waals surface area contributed by atoms with Crippen LogP contribution in [0, 0.1) is 0 Å². The van der Waals surface area contributed by atoms with Crippen LogP contribution in [0.3, 0.4) is 0 Å². The molecule has 1 aromatic carbocycles. The summed E-state index contributed by atoms with van der Waals surface area (Å²) in [6.45, 7) is 0.729. The Kier molecular flexibility index (Phi) is 5.49. The van der Waals surface area contributed by atoms with Gasteiger partial charge in [0.2, 0.25) is 0 Å². The SMILES string of the molecule is COC[C@@H]1Cn2c(-c3cccc(Cl)c3)c3c(=O)n(C)c(=O)n(C)c3c2[C@H](c2ccc(Cl)o2)O1. The standard InChI is InChI=1S/C23H21Cl2N3O5/c1-26-19-17(22(29)27(2)23(26)30)18(12-5-4-6-13(24)9-12)28-10-14(11-31-3)32-21(20(19)28)15-7-8-16(25)33-15/h4-9,14,21H,10-11H2,1-3H3/t14-,21-/m0/s1. The largest absolute Gasteiger partial charge is 0.446 e. The van der Waals surface area contributed by atoms with Gasteiger partial charge in [0.1, 0.15) is 11.9 Å². The van der Waals surface area contributed by atoms with Crippen LogP contribution < -0.4 is 11.2 Å². The molecule has 0 bridgehead atoms. The number of furan rings is 1. The Morgan fingerprint density at radius 3 is 2.58 bits per heavy atom. The molecular formula is C23H21Cl2N3O5. The lowest BCUT2D eigenvalue weighted by atomic mass is 10.1. The van der Waals surface area contributed by atoms with Gasteiger partial charge < -0.3 is 18.5 Å². The summed E-state index contributed by atoms with van der Waals surface area (Å²) in [7, 11) is 4.71. The Labute approximate surface area is 198 Å². The summed E-state index contributed by atoms with van der Waals surface area (Å²) in [5.74, 6) is 0.465. The first-order chi connectivity index (χ1) is 15.8. The van der Waals surface area contributed by atoms with Gasteiger partial charge in [-0.3, -0.25) is 13.9 Å². The average Bonchev–Trinajstić information content (AvgIpc) is 3.37. The summed E-state index contributed by atoms with van der Waals surface area (Å²) in [6, 6.07) is 10.6. The van der Waals surface area contributed by atoms with Crippen molar-refractivity contribution in [2.75, 3.05) is 13.7 Å². The van der Waals surface area contributed by atoms with E-state index < -0.39 is 17.4 Å². The molecular weight excluding hydrogens is 469 g/mol. The fraction of sp³-hybridized carbons (Fsp3) is 0.304. The smallest absolute Gasteiger partial charge is 0.331 e. The van der Waals surface area contributed by atoms with Crippen molar-refractivity contribution in [3.05, 3.63) is 78.9 Å². The summed E-state index contributed by atoms with van der Waals surface area (Å²) in [5.41, 5.74) is 1.69. The van der Waals surface area contributed by atoms with E-state index in [0.717, 1.165) is 10.1 Å². The topological polar surface area (TPSA) is 80.5 Å². The molecule has 0 aliphatic carbocycles. The molecule has 0 amide bonds. The van der Waals surface area contributed by atoms with Crippen molar-refractivity contribution in [1.82, 2.24) is 13.7 Å². The van der Waals surface area contributed by atoms with E-state index in [1.807, 2.05) is 16.7 Å². The normalized spacial score (nSPS) is 18.1. The van der Waals surface area contributed by atoms with Gasteiger partial charge in [0.05, 0.1) is 35.4 Å². The van der Waals surface area contributed by atoms with Gasteiger partial charge in [-0.2, -0.15) is 0 Å². The van der Waals surface area contributed by atoms with Crippen LogP contribution in [-0.2, 0) is 30.1 Å². The molecule has 172 valence electrons. The molecule has 2 atom stereocenters. The molecule has 0 saturated carbocycles. The van der Waals surface area contributed by atoms with Crippen LogP contribution >= 0.6 is 23.2 Å². The average molecular weight is 490 g/mol. The number of fused-ring (bicyclic) bond motifs is 3. The Morgan fingerprint density at radius 1 is 1.12 bits per heavy atom. The monoisotopic (exact) mass is 489 g/mol. The van der Waals surface area contributed by atoms with E-state index in [9.17, 15) is 9.59 Å². The van der Waals surface area contributed by atoms with Crippen molar-refractivity contribution < 1.29 is 13.9 Å². The minimum absolute atomic E-state index is 0.213. The Balaban J connectivity index is 1.95. The number of hydrogen-bond acceptors (Lipinski definition) is 5. The second-order valence-electron chi connectivity index (χ2n) is 8.02. The van der Waals surface area contributed by atoms with E-state index >= 15 is 0 Å². The second-order valence-corrected chi connectivity index (χ2v) is 8.83. The molecule has 0 N–H and O–H groups in total. The molecule has 4 aromatic rings. The predicted molar refractivity (Wildman–Crippen MR) is 125 cm³/mol. The molecule has 0 radical (unpaired) electrons. The molecule has 0 spiro atoms. The lowest BCUT2D eigenvalue weighted by Gasteiger charge is -2.32. The third kappa shape index (κ3) is 3.45. The quantitative estimate of drug-likeness (QED) is 0.436. The Hall–Kier alpha value is -2.78. The van der Waals surface area contributed by atoms with Crippen LogP contribution in [0.15, 0.2) is 50.4 Å². The number of aromatic nitrogens is 3. The van der Waals surface area contributed by atoms with E-state index in [0.29, 0.717) is 46.2 Å². The highest BCUT2D eigenvalue weighted by Gasteiger charge is 2.38. The van der Waals surface area contributed by atoms with Crippen molar-refractivity contribution in [3.8, 4) is 11.3 Å². The Morgan fingerprint density at radius 2 is 1.91 bits per heavy atom. The van der Waals surface area contributed by atoms with E-state index in [1.165, 1.54) is 11.6 Å². The minimum atomic E-state index is -0.709. The first-order valence-corrected chi connectivity index (χ1v) is 11.0. The molecule has 3 aromatic heterocycles. The molecule has 4 heterocycles. The highest BCUT2D eigenvalue weighted by Crippen LogP contribution is 2.43. The third-order valence-corrected chi connectivity index (χ3v) is 6.41. The van der Waals surface area contributed by atoms with Gasteiger partial charge in [-0.1, -0.05) is 23.7 Å². The number of ether oxygens (including phenoxy) is 2. The first-order valence-electron chi connectivity index (χ1n) is 10.3. The van der Waals surface area contributed by atoms with Gasteiger partial charge >= 0.3 is 5.69 Å². The molecule has 8 nitrogen and oxygen atoms in total. The molecule has 1 aliphatic heterocycles. The van der Waals surface area contributed by atoms with Crippen LogP contribution in [-0.4, -0.2) is 33.5 Å². The zero-order valence-electron chi connectivity index (χ0n) is 18.2. The van der Waals surface area contributed by atoms with Gasteiger partial charge in [0.25, 0.3) is 5.56 Å². The van der Waals surface area contributed by atoms with Crippen molar-refractivity contribution in [3.63, 3.8) is 0 Å². The van der Waals surface area contributed by atoms with Crippen LogP contribution in [0.5, 0.6) is 0 Å². The highest BCUT2D eigenvalue weighted by atomic mass is 35.5. The zero-order chi connectivity index (χ0) is 23.4. The van der Waals surface area contributed by atoms with Crippen LogP contribution in [0.2, 0.25) is 10.2 Å². The van der Waals surface area contributed by atoms with Gasteiger partial charge in [0, 0.05) is 31.8 Å². The maximum atomic E-state index is 13.4.